The average Bonchev–Trinajstić information content (AvgIpc) is 2.30. The highest BCUT2D eigenvalue weighted by molar-refractivity contribution is 5.69. The maximum Gasteiger partial charge on any atom is 0.306 e. The van der Waals surface area contributed by atoms with Crippen LogP contribution in [-0.4, -0.2) is 24.2 Å². The molecule has 1 rings (SSSR count). The third kappa shape index (κ3) is 5.00. The first-order valence-electron chi connectivity index (χ1n) is 6.09. The van der Waals surface area contributed by atoms with Crippen LogP contribution in [0.5, 0.6) is 0 Å². The van der Waals surface area contributed by atoms with Gasteiger partial charge in [-0.2, -0.15) is 0 Å². The van der Waals surface area contributed by atoms with Crippen LogP contribution in [0.25, 0.3) is 0 Å². The topological polar surface area (TPSA) is 49.3 Å². The molecule has 0 amide bonds. The Labute approximate surface area is 103 Å². The Morgan fingerprint density at radius 3 is 2.71 bits per heavy atom. The fourth-order valence-corrected chi connectivity index (χ4v) is 1.68. The second-order valence-corrected chi connectivity index (χ2v) is 4.45. The number of nitrogens with one attached hydrogen (secondary N) is 1. The Balaban J connectivity index is 2.17. The highest BCUT2D eigenvalue weighted by atomic mass is 16.4. The summed E-state index contributed by atoms with van der Waals surface area (Å²) in [5.74, 6) is -0.980. The summed E-state index contributed by atoms with van der Waals surface area (Å²) in [7, 11) is 0. The molecule has 0 heterocycles. The first kappa shape index (κ1) is 13.7. The summed E-state index contributed by atoms with van der Waals surface area (Å²) >= 11 is 0. The number of benzene rings is 1. The Hall–Kier alpha value is -1.35. The van der Waals surface area contributed by atoms with Crippen LogP contribution in [0.1, 0.15) is 24.5 Å². The molecule has 0 spiro atoms. The van der Waals surface area contributed by atoms with E-state index in [0.29, 0.717) is 6.42 Å². The van der Waals surface area contributed by atoms with Gasteiger partial charge in [-0.25, -0.2) is 0 Å². The van der Waals surface area contributed by atoms with Gasteiger partial charge in [0.15, 0.2) is 0 Å². The van der Waals surface area contributed by atoms with Gasteiger partial charge >= 0.3 is 5.97 Å². The zero-order valence-electron chi connectivity index (χ0n) is 10.6. The standard InChI is InChI=1S/C14H21NO2/c1-11-5-3-4-6-13(11)8-10-15-9-7-12(2)14(16)17/h3-6,12,15H,7-10H2,1-2H3,(H,16,17). The number of rotatable bonds is 7. The van der Waals surface area contributed by atoms with Crippen LogP contribution in [0, 0.1) is 12.8 Å². The van der Waals surface area contributed by atoms with Crippen molar-refractivity contribution in [1.29, 1.82) is 0 Å². The van der Waals surface area contributed by atoms with Gasteiger partial charge in [0.1, 0.15) is 0 Å². The predicted molar refractivity (Wildman–Crippen MR) is 69.2 cm³/mol. The van der Waals surface area contributed by atoms with Crippen LogP contribution in [0.4, 0.5) is 0 Å². The number of aliphatic carboxylic acids is 1. The maximum atomic E-state index is 10.6. The summed E-state index contributed by atoms with van der Waals surface area (Å²) in [4.78, 5) is 10.6. The van der Waals surface area contributed by atoms with Crippen LogP contribution in [0.2, 0.25) is 0 Å². The third-order valence-corrected chi connectivity index (χ3v) is 3.01. The van der Waals surface area contributed by atoms with E-state index < -0.39 is 5.97 Å². The number of aryl methyl sites for hydroxylation is 1. The van der Waals surface area contributed by atoms with E-state index in [1.807, 2.05) is 6.07 Å². The van der Waals surface area contributed by atoms with Gasteiger partial charge in [-0.15, -0.1) is 0 Å². The van der Waals surface area contributed by atoms with Crippen LogP contribution in [-0.2, 0) is 11.2 Å². The molecular weight excluding hydrogens is 214 g/mol. The molecule has 0 aromatic heterocycles. The summed E-state index contributed by atoms with van der Waals surface area (Å²) in [5, 5.41) is 12.0. The predicted octanol–water partition coefficient (Wildman–Crippen LogP) is 2.24. The van der Waals surface area contributed by atoms with Crippen molar-refractivity contribution in [3.8, 4) is 0 Å². The highest BCUT2D eigenvalue weighted by Gasteiger charge is 2.09. The van der Waals surface area contributed by atoms with Crippen molar-refractivity contribution in [2.75, 3.05) is 13.1 Å². The molecule has 0 aliphatic heterocycles. The largest absolute Gasteiger partial charge is 0.481 e. The van der Waals surface area contributed by atoms with E-state index in [1.165, 1.54) is 11.1 Å². The molecular formula is C14H21NO2. The summed E-state index contributed by atoms with van der Waals surface area (Å²) < 4.78 is 0. The Bertz CT molecular complexity index is 363. The van der Waals surface area contributed by atoms with Gasteiger partial charge in [-0.3, -0.25) is 4.79 Å². The van der Waals surface area contributed by atoms with Gasteiger partial charge in [0.05, 0.1) is 5.92 Å². The molecule has 0 aliphatic carbocycles. The van der Waals surface area contributed by atoms with Crippen molar-refractivity contribution in [2.45, 2.75) is 26.7 Å². The highest BCUT2D eigenvalue weighted by Crippen LogP contribution is 2.07. The smallest absolute Gasteiger partial charge is 0.306 e. The lowest BCUT2D eigenvalue weighted by molar-refractivity contribution is -0.141. The van der Waals surface area contributed by atoms with Crippen molar-refractivity contribution in [3.05, 3.63) is 35.4 Å². The zero-order valence-corrected chi connectivity index (χ0v) is 10.6. The molecule has 17 heavy (non-hydrogen) atoms. The Morgan fingerprint density at radius 2 is 2.06 bits per heavy atom. The van der Waals surface area contributed by atoms with Crippen LogP contribution >= 0.6 is 0 Å². The summed E-state index contributed by atoms with van der Waals surface area (Å²) in [6.45, 7) is 5.52. The van der Waals surface area contributed by atoms with E-state index in [4.69, 9.17) is 5.11 Å². The van der Waals surface area contributed by atoms with Crippen molar-refractivity contribution in [1.82, 2.24) is 5.32 Å². The molecule has 2 N–H and O–H groups in total. The number of carboxylic acid groups (broad SMARTS) is 1. The van der Waals surface area contributed by atoms with Gasteiger partial charge < -0.3 is 10.4 Å². The van der Waals surface area contributed by atoms with Crippen LogP contribution < -0.4 is 5.32 Å². The van der Waals surface area contributed by atoms with E-state index in [0.717, 1.165) is 19.5 Å². The van der Waals surface area contributed by atoms with E-state index in [1.54, 1.807) is 6.92 Å². The molecule has 1 aromatic carbocycles. The zero-order chi connectivity index (χ0) is 12.7. The first-order chi connectivity index (χ1) is 8.11. The molecule has 3 nitrogen and oxygen atoms in total. The minimum Gasteiger partial charge on any atom is -0.481 e. The fraction of sp³-hybridized carbons (Fsp3) is 0.500. The minimum atomic E-state index is -0.717. The quantitative estimate of drug-likeness (QED) is 0.713. The average molecular weight is 235 g/mol. The first-order valence-corrected chi connectivity index (χ1v) is 6.09. The molecule has 3 heteroatoms. The van der Waals surface area contributed by atoms with Gasteiger partial charge in [-0.05, 0) is 44.0 Å². The number of carboxylic acids is 1. The second-order valence-electron chi connectivity index (χ2n) is 4.45. The SMILES string of the molecule is Cc1ccccc1CCNCCC(C)C(=O)O. The Morgan fingerprint density at radius 1 is 1.35 bits per heavy atom. The molecule has 0 saturated heterocycles. The van der Waals surface area contributed by atoms with Gasteiger partial charge in [0, 0.05) is 0 Å². The van der Waals surface area contributed by atoms with Gasteiger partial charge in [0.25, 0.3) is 0 Å². The Kier molecular flexibility index (Phi) is 5.70. The van der Waals surface area contributed by atoms with Crippen molar-refractivity contribution in [3.63, 3.8) is 0 Å². The lowest BCUT2D eigenvalue weighted by Crippen LogP contribution is -2.22. The molecule has 1 aromatic rings. The molecule has 0 bridgehead atoms. The monoisotopic (exact) mass is 235 g/mol. The number of carbonyl (C=O) groups is 1. The van der Waals surface area contributed by atoms with E-state index in [9.17, 15) is 4.79 Å². The number of hydrogen-bond donors (Lipinski definition) is 2. The van der Waals surface area contributed by atoms with Gasteiger partial charge in [-0.1, -0.05) is 31.2 Å². The maximum absolute atomic E-state index is 10.6. The van der Waals surface area contributed by atoms with Crippen molar-refractivity contribution < 1.29 is 9.90 Å². The molecule has 0 fully saturated rings. The van der Waals surface area contributed by atoms with Crippen molar-refractivity contribution >= 4 is 5.97 Å². The van der Waals surface area contributed by atoms with E-state index in [-0.39, 0.29) is 5.92 Å². The molecule has 1 unspecified atom stereocenters. The molecule has 1 atom stereocenters. The van der Waals surface area contributed by atoms with Crippen LogP contribution in [0.15, 0.2) is 24.3 Å². The molecule has 94 valence electrons. The van der Waals surface area contributed by atoms with Crippen molar-refractivity contribution in [2.24, 2.45) is 5.92 Å². The summed E-state index contributed by atoms with van der Waals surface area (Å²) in [6, 6.07) is 8.34. The lowest BCUT2D eigenvalue weighted by Gasteiger charge is -2.09. The lowest BCUT2D eigenvalue weighted by atomic mass is 10.1. The van der Waals surface area contributed by atoms with Crippen LogP contribution in [0.3, 0.4) is 0 Å². The third-order valence-electron chi connectivity index (χ3n) is 3.01. The van der Waals surface area contributed by atoms with E-state index >= 15 is 0 Å². The molecule has 0 aliphatic rings. The van der Waals surface area contributed by atoms with E-state index in [2.05, 4.69) is 30.4 Å². The second kappa shape index (κ2) is 7.07. The molecule has 0 saturated carbocycles. The fourth-order valence-electron chi connectivity index (χ4n) is 1.68. The number of hydrogen-bond acceptors (Lipinski definition) is 2. The normalized spacial score (nSPS) is 12.4. The summed E-state index contributed by atoms with van der Waals surface area (Å²) in [6.07, 6.45) is 1.68. The summed E-state index contributed by atoms with van der Waals surface area (Å²) in [5.41, 5.74) is 2.67. The minimum absolute atomic E-state index is 0.263. The van der Waals surface area contributed by atoms with Gasteiger partial charge in [0.2, 0.25) is 0 Å². The molecule has 0 radical (unpaired) electrons.